The number of nitrogens with zero attached hydrogens (tertiary/aromatic N) is 1. The van der Waals surface area contributed by atoms with Crippen molar-refractivity contribution < 1.29 is 9.13 Å². The van der Waals surface area contributed by atoms with Crippen LogP contribution in [0.5, 0.6) is 5.75 Å². The first-order valence-electron chi connectivity index (χ1n) is 7.90. The molecule has 0 aliphatic rings. The zero-order valence-electron chi connectivity index (χ0n) is 14.5. The molecule has 0 saturated heterocycles. The summed E-state index contributed by atoms with van der Waals surface area (Å²) in [6, 6.07) is 5.32. The van der Waals surface area contributed by atoms with E-state index in [9.17, 15) is 4.39 Å². The van der Waals surface area contributed by atoms with Crippen molar-refractivity contribution in [1.82, 2.24) is 10.6 Å². The highest BCUT2D eigenvalue weighted by molar-refractivity contribution is 14.0. The van der Waals surface area contributed by atoms with Gasteiger partial charge in [-0.25, -0.2) is 4.39 Å². The topological polar surface area (TPSA) is 45.7 Å². The summed E-state index contributed by atoms with van der Waals surface area (Å²) in [5.74, 6) is 0.647. The summed E-state index contributed by atoms with van der Waals surface area (Å²) >= 11 is 0. The average molecular weight is 437 g/mol. The number of methoxy groups -OCH3 is 1. The SMILES string of the molecule is CCCCCC(C)NC(=NC)NCc1ccc(OC)c(F)c1.I. The maximum atomic E-state index is 13.6. The van der Waals surface area contributed by atoms with Crippen LogP contribution in [0.3, 0.4) is 0 Å². The number of aliphatic imine (C=N–C) groups is 1. The zero-order valence-corrected chi connectivity index (χ0v) is 16.8. The summed E-state index contributed by atoms with van der Waals surface area (Å²) in [7, 11) is 3.20. The third-order valence-corrected chi connectivity index (χ3v) is 3.52. The van der Waals surface area contributed by atoms with Crippen molar-refractivity contribution in [2.75, 3.05) is 14.2 Å². The van der Waals surface area contributed by atoms with Gasteiger partial charge >= 0.3 is 0 Å². The lowest BCUT2D eigenvalue weighted by Crippen LogP contribution is -2.41. The van der Waals surface area contributed by atoms with E-state index in [2.05, 4.69) is 29.5 Å². The van der Waals surface area contributed by atoms with Crippen molar-refractivity contribution in [2.45, 2.75) is 52.1 Å². The first-order valence-corrected chi connectivity index (χ1v) is 7.90. The second-order valence-corrected chi connectivity index (χ2v) is 5.44. The molecule has 0 saturated carbocycles. The van der Waals surface area contributed by atoms with Crippen LogP contribution in [0.15, 0.2) is 23.2 Å². The highest BCUT2D eigenvalue weighted by Crippen LogP contribution is 2.17. The zero-order chi connectivity index (χ0) is 16.4. The minimum absolute atomic E-state index is 0. The number of unbranched alkanes of at least 4 members (excludes halogenated alkanes) is 2. The fraction of sp³-hybridized carbons (Fsp3) is 0.588. The van der Waals surface area contributed by atoms with Gasteiger partial charge in [0.05, 0.1) is 7.11 Å². The van der Waals surface area contributed by atoms with Gasteiger partial charge in [-0.2, -0.15) is 0 Å². The standard InChI is InChI=1S/C17H28FN3O.HI/c1-5-6-7-8-13(2)21-17(19-3)20-12-14-9-10-16(22-4)15(18)11-14;/h9-11,13H,5-8,12H2,1-4H3,(H2,19,20,21);1H. The highest BCUT2D eigenvalue weighted by atomic mass is 127. The Labute approximate surface area is 156 Å². The second-order valence-electron chi connectivity index (χ2n) is 5.44. The summed E-state index contributed by atoms with van der Waals surface area (Å²) in [6.45, 7) is 4.87. The van der Waals surface area contributed by atoms with Crippen molar-refractivity contribution >= 4 is 29.9 Å². The summed E-state index contributed by atoms with van der Waals surface area (Å²) < 4.78 is 18.6. The van der Waals surface area contributed by atoms with Gasteiger partial charge in [0.15, 0.2) is 17.5 Å². The van der Waals surface area contributed by atoms with Gasteiger partial charge < -0.3 is 15.4 Å². The van der Waals surface area contributed by atoms with E-state index in [0.717, 1.165) is 17.9 Å². The first-order chi connectivity index (χ1) is 10.6. The van der Waals surface area contributed by atoms with E-state index >= 15 is 0 Å². The third kappa shape index (κ3) is 8.39. The smallest absolute Gasteiger partial charge is 0.191 e. The number of benzene rings is 1. The minimum atomic E-state index is -0.349. The maximum absolute atomic E-state index is 13.6. The molecular formula is C17H29FIN3O. The lowest BCUT2D eigenvalue weighted by Gasteiger charge is -2.18. The number of hydrogen-bond donors (Lipinski definition) is 2. The van der Waals surface area contributed by atoms with Crippen molar-refractivity contribution in [2.24, 2.45) is 4.99 Å². The molecule has 1 rings (SSSR count). The van der Waals surface area contributed by atoms with Gasteiger partial charge in [-0.15, -0.1) is 24.0 Å². The fourth-order valence-corrected chi connectivity index (χ4v) is 2.21. The fourth-order valence-electron chi connectivity index (χ4n) is 2.21. The Balaban J connectivity index is 0.00000484. The molecule has 23 heavy (non-hydrogen) atoms. The summed E-state index contributed by atoms with van der Waals surface area (Å²) in [5, 5.41) is 6.56. The van der Waals surface area contributed by atoms with Crippen molar-refractivity contribution in [3.8, 4) is 5.75 Å². The van der Waals surface area contributed by atoms with E-state index in [1.54, 1.807) is 13.1 Å². The second kappa shape index (κ2) is 12.4. The number of halogens is 2. The Kier molecular flexibility index (Phi) is 11.8. The molecule has 0 amide bonds. The molecule has 1 aromatic rings. The average Bonchev–Trinajstić information content (AvgIpc) is 2.51. The van der Waals surface area contributed by atoms with Gasteiger partial charge in [-0.1, -0.05) is 32.3 Å². The molecule has 0 heterocycles. The predicted molar refractivity (Wildman–Crippen MR) is 105 cm³/mol. The van der Waals surface area contributed by atoms with E-state index in [1.165, 1.54) is 32.4 Å². The number of rotatable bonds is 8. The van der Waals surface area contributed by atoms with Crippen LogP contribution in [0, 0.1) is 5.82 Å². The molecule has 2 N–H and O–H groups in total. The summed E-state index contributed by atoms with van der Waals surface area (Å²) in [6.07, 6.45) is 4.81. The molecule has 0 spiro atoms. The van der Waals surface area contributed by atoms with E-state index < -0.39 is 0 Å². The Bertz CT molecular complexity index is 483. The molecule has 0 aliphatic carbocycles. The molecule has 0 fully saturated rings. The Morgan fingerprint density at radius 2 is 2.09 bits per heavy atom. The van der Waals surface area contributed by atoms with Crippen molar-refractivity contribution in [3.05, 3.63) is 29.6 Å². The van der Waals surface area contributed by atoms with Gasteiger partial charge in [0.1, 0.15) is 0 Å². The maximum Gasteiger partial charge on any atom is 0.191 e. The van der Waals surface area contributed by atoms with Crippen LogP contribution < -0.4 is 15.4 Å². The highest BCUT2D eigenvalue weighted by Gasteiger charge is 2.06. The lowest BCUT2D eigenvalue weighted by atomic mass is 10.1. The number of guanidine groups is 1. The van der Waals surface area contributed by atoms with Crippen LogP contribution in [0.4, 0.5) is 4.39 Å². The molecule has 0 radical (unpaired) electrons. The molecule has 6 heteroatoms. The van der Waals surface area contributed by atoms with E-state index in [4.69, 9.17) is 4.74 Å². The van der Waals surface area contributed by atoms with Crippen LogP contribution in [0.1, 0.15) is 45.1 Å². The van der Waals surface area contributed by atoms with Crippen LogP contribution in [-0.2, 0) is 6.54 Å². The largest absolute Gasteiger partial charge is 0.494 e. The molecule has 0 aliphatic heterocycles. The number of nitrogens with one attached hydrogen (secondary N) is 2. The van der Waals surface area contributed by atoms with Gasteiger partial charge in [0.25, 0.3) is 0 Å². The summed E-state index contributed by atoms with van der Waals surface area (Å²) in [5.41, 5.74) is 0.847. The number of ether oxygens (including phenoxy) is 1. The number of hydrogen-bond acceptors (Lipinski definition) is 2. The molecule has 1 atom stereocenters. The Hall–Kier alpha value is -1.05. The van der Waals surface area contributed by atoms with E-state index in [1.807, 2.05) is 6.07 Å². The van der Waals surface area contributed by atoms with Gasteiger partial charge in [0.2, 0.25) is 0 Å². The van der Waals surface area contributed by atoms with E-state index in [0.29, 0.717) is 12.6 Å². The molecular weight excluding hydrogens is 408 g/mol. The van der Waals surface area contributed by atoms with Crippen LogP contribution >= 0.6 is 24.0 Å². The normalized spacial score (nSPS) is 12.3. The van der Waals surface area contributed by atoms with Crippen molar-refractivity contribution in [1.29, 1.82) is 0 Å². The Morgan fingerprint density at radius 3 is 2.65 bits per heavy atom. The van der Waals surface area contributed by atoms with Crippen LogP contribution in [0.25, 0.3) is 0 Å². The van der Waals surface area contributed by atoms with Crippen molar-refractivity contribution in [3.63, 3.8) is 0 Å². The molecule has 4 nitrogen and oxygen atoms in total. The summed E-state index contributed by atoms with van der Waals surface area (Å²) in [4.78, 5) is 4.20. The molecule has 1 aromatic carbocycles. The Morgan fingerprint density at radius 1 is 1.35 bits per heavy atom. The van der Waals surface area contributed by atoms with E-state index in [-0.39, 0.29) is 35.5 Å². The van der Waals surface area contributed by atoms with Gasteiger partial charge in [-0.3, -0.25) is 4.99 Å². The third-order valence-electron chi connectivity index (χ3n) is 3.52. The molecule has 0 bridgehead atoms. The quantitative estimate of drug-likeness (QED) is 0.279. The lowest BCUT2D eigenvalue weighted by molar-refractivity contribution is 0.386. The predicted octanol–water partition coefficient (Wildman–Crippen LogP) is 4.09. The van der Waals surface area contributed by atoms with Gasteiger partial charge in [0, 0.05) is 19.6 Å². The molecule has 1 unspecified atom stereocenters. The first kappa shape index (κ1) is 21.9. The van der Waals surface area contributed by atoms with Crippen LogP contribution in [0.2, 0.25) is 0 Å². The van der Waals surface area contributed by atoms with Gasteiger partial charge in [-0.05, 0) is 31.0 Å². The monoisotopic (exact) mass is 437 g/mol. The minimum Gasteiger partial charge on any atom is -0.494 e. The molecule has 132 valence electrons. The molecule has 0 aromatic heterocycles. The van der Waals surface area contributed by atoms with Crippen LogP contribution in [-0.4, -0.2) is 26.2 Å².